The fourth-order valence-corrected chi connectivity index (χ4v) is 2.12. The second kappa shape index (κ2) is 11.4. The minimum Gasteiger partial charge on any atom is -0.314 e. The Bertz CT molecular complexity index is 131. The average molecular weight is 227 g/mol. The van der Waals surface area contributed by atoms with Crippen molar-refractivity contribution < 1.29 is 0 Å². The summed E-state index contributed by atoms with van der Waals surface area (Å²) in [4.78, 5) is 0. The highest BCUT2D eigenvalue weighted by Crippen LogP contribution is 2.11. The van der Waals surface area contributed by atoms with Gasteiger partial charge in [-0.25, -0.2) is 0 Å². The highest BCUT2D eigenvalue weighted by Gasteiger charge is 2.11. The Hall–Kier alpha value is -0.0400. The first-order chi connectivity index (χ1) is 7.72. The molecule has 0 rings (SSSR count). The molecule has 0 radical (unpaired) electrons. The lowest BCUT2D eigenvalue weighted by atomic mass is 9.97. The molecule has 0 amide bonds. The molecule has 1 N–H and O–H groups in total. The molecule has 0 aliphatic heterocycles. The van der Waals surface area contributed by atoms with Crippen molar-refractivity contribution in [1.29, 1.82) is 0 Å². The fraction of sp³-hybridized carbons (Fsp3) is 1.00. The molecule has 0 heterocycles. The third kappa shape index (κ3) is 9.21. The van der Waals surface area contributed by atoms with Crippen molar-refractivity contribution in [3.05, 3.63) is 0 Å². The molecule has 0 aliphatic carbocycles. The molecule has 1 nitrogen and oxygen atoms in total. The quantitative estimate of drug-likeness (QED) is 0.502. The molecule has 0 aromatic heterocycles. The molecule has 16 heavy (non-hydrogen) atoms. The van der Waals surface area contributed by atoms with Gasteiger partial charge in [-0.3, -0.25) is 0 Å². The maximum Gasteiger partial charge on any atom is 0.00900 e. The van der Waals surface area contributed by atoms with Crippen molar-refractivity contribution in [2.24, 2.45) is 5.92 Å². The van der Waals surface area contributed by atoms with E-state index in [0.29, 0.717) is 0 Å². The largest absolute Gasteiger partial charge is 0.314 e. The van der Waals surface area contributed by atoms with Gasteiger partial charge in [-0.15, -0.1) is 0 Å². The summed E-state index contributed by atoms with van der Waals surface area (Å²) >= 11 is 0. The number of unbranched alkanes of at least 4 members (excludes halogenated alkanes) is 5. The second-order valence-electron chi connectivity index (χ2n) is 5.36. The number of hydrogen-bond donors (Lipinski definition) is 1. The Morgan fingerprint density at radius 1 is 0.812 bits per heavy atom. The molecule has 0 fully saturated rings. The fourth-order valence-electron chi connectivity index (χ4n) is 2.12. The molecular weight excluding hydrogens is 194 g/mol. The van der Waals surface area contributed by atoms with Gasteiger partial charge >= 0.3 is 0 Å². The molecule has 0 saturated heterocycles. The highest BCUT2D eigenvalue weighted by molar-refractivity contribution is 4.70. The van der Waals surface area contributed by atoms with Gasteiger partial charge < -0.3 is 5.32 Å². The van der Waals surface area contributed by atoms with Crippen molar-refractivity contribution in [1.82, 2.24) is 5.32 Å². The van der Waals surface area contributed by atoms with Gasteiger partial charge in [0.1, 0.15) is 0 Å². The molecule has 0 bridgehead atoms. The van der Waals surface area contributed by atoms with Crippen LogP contribution in [0, 0.1) is 5.92 Å². The number of nitrogens with one attached hydrogen (secondary N) is 1. The van der Waals surface area contributed by atoms with Crippen LogP contribution in [0.1, 0.15) is 79.1 Å². The zero-order valence-corrected chi connectivity index (χ0v) is 12.0. The normalized spacial score (nSPS) is 13.3. The molecule has 1 unspecified atom stereocenters. The van der Waals surface area contributed by atoms with Gasteiger partial charge in [0.2, 0.25) is 0 Å². The maximum atomic E-state index is 3.74. The summed E-state index contributed by atoms with van der Waals surface area (Å²) in [5.74, 6) is 0.781. The van der Waals surface area contributed by atoms with Crippen LogP contribution >= 0.6 is 0 Å². The minimum absolute atomic E-state index is 0.744. The van der Waals surface area contributed by atoms with Crippen LogP contribution in [0.2, 0.25) is 0 Å². The lowest BCUT2D eigenvalue weighted by Gasteiger charge is -2.22. The first-order valence-corrected chi connectivity index (χ1v) is 7.45. The van der Waals surface area contributed by atoms with Crippen molar-refractivity contribution in [2.45, 2.75) is 85.1 Å². The van der Waals surface area contributed by atoms with Crippen LogP contribution in [-0.2, 0) is 0 Å². The van der Waals surface area contributed by atoms with E-state index in [4.69, 9.17) is 0 Å². The average Bonchev–Trinajstić information content (AvgIpc) is 2.26. The van der Waals surface area contributed by atoms with Gasteiger partial charge in [0.05, 0.1) is 0 Å². The van der Waals surface area contributed by atoms with Crippen molar-refractivity contribution in [3.8, 4) is 0 Å². The SMILES string of the molecule is CCCCCCNC(CCCCC)C(C)C. The number of hydrogen-bond acceptors (Lipinski definition) is 1. The van der Waals surface area contributed by atoms with E-state index in [1.807, 2.05) is 0 Å². The zero-order chi connectivity index (χ0) is 12.2. The van der Waals surface area contributed by atoms with E-state index in [9.17, 15) is 0 Å². The summed E-state index contributed by atoms with van der Waals surface area (Å²) in [6.07, 6.45) is 10.9. The summed E-state index contributed by atoms with van der Waals surface area (Å²) in [5, 5.41) is 3.74. The van der Waals surface area contributed by atoms with Gasteiger partial charge in [0.25, 0.3) is 0 Å². The van der Waals surface area contributed by atoms with Crippen LogP contribution in [-0.4, -0.2) is 12.6 Å². The van der Waals surface area contributed by atoms with Gasteiger partial charge in [0, 0.05) is 6.04 Å². The van der Waals surface area contributed by atoms with Gasteiger partial charge in [-0.2, -0.15) is 0 Å². The maximum absolute atomic E-state index is 3.74. The van der Waals surface area contributed by atoms with E-state index in [0.717, 1.165) is 12.0 Å². The van der Waals surface area contributed by atoms with E-state index in [2.05, 4.69) is 33.0 Å². The van der Waals surface area contributed by atoms with Crippen LogP contribution in [0.15, 0.2) is 0 Å². The minimum atomic E-state index is 0.744. The molecule has 0 aliphatic rings. The van der Waals surface area contributed by atoms with E-state index in [-0.39, 0.29) is 0 Å². The smallest absolute Gasteiger partial charge is 0.00900 e. The summed E-state index contributed by atoms with van der Waals surface area (Å²) in [7, 11) is 0. The molecule has 1 heteroatoms. The van der Waals surface area contributed by atoms with Crippen molar-refractivity contribution in [2.75, 3.05) is 6.54 Å². The second-order valence-corrected chi connectivity index (χ2v) is 5.36. The summed E-state index contributed by atoms with van der Waals surface area (Å²) < 4.78 is 0. The summed E-state index contributed by atoms with van der Waals surface area (Å²) in [6, 6.07) is 0.744. The molecule has 98 valence electrons. The van der Waals surface area contributed by atoms with Crippen LogP contribution in [0.25, 0.3) is 0 Å². The van der Waals surface area contributed by atoms with Crippen molar-refractivity contribution in [3.63, 3.8) is 0 Å². The lowest BCUT2D eigenvalue weighted by molar-refractivity contribution is 0.362. The molecule has 0 aromatic carbocycles. The third-order valence-corrected chi connectivity index (χ3v) is 3.36. The molecular formula is C15H33N. The third-order valence-electron chi connectivity index (χ3n) is 3.36. The summed E-state index contributed by atoms with van der Waals surface area (Å²) in [5.41, 5.74) is 0. The topological polar surface area (TPSA) is 12.0 Å². The Labute approximate surface area is 103 Å². The van der Waals surface area contributed by atoms with Gasteiger partial charge in [-0.1, -0.05) is 66.2 Å². The lowest BCUT2D eigenvalue weighted by Crippen LogP contribution is -2.34. The zero-order valence-electron chi connectivity index (χ0n) is 12.0. The van der Waals surface area contributed by atoms with E-state index >= 15 is 0 Å². The Morgan fingerprint density at radius 3 is 2.00 bits per heavy atom. The van der Waals surface area contributed by atoms with Crippen molar-refractivity contribution >= 4 is 0 Å². The molecule has 0 saturated carbocycles. The highest BCUT2D eigenvalue weighted by atomic mass is 14.9. The molecule has 0 aromatic rings. The monoisotopic (exact) mass is 227 g/mol. The van der Waals surface area contributed by atoms with Gasteiger partial charge in [0.15, 0.2) is 0 Å². The molecule has 1 atom stereocenters. The predicted molar refractivity (Wildman–Crippen MR) is 74.9 cm³/mol. The van der Waals surface area contributed by atoms with E-state index in [1.54, 1.807) is 0 Å². The number of rotatable bonds is 11. The Balaban J connectivity index is 3.52. The van der Waals surface area contributed by atoms with Crippen LogP contribution in [0.3, 0.4) is 0 Å². The van der Waals surface area contributed by atoms with Crippen LogP contribution < -0.4 is 5.32 Å². The molecule has 0 spiro atoms. The Kier molecular flexibility index (Phi) is 11.4. The summed E-state index contributed by atoms with van der Waals surface area (Å²) in [6.45, 7) is 10.5. The van der Waals surface area contributed by atoms with Crippen LogP contribution in [0.5, 0.6) is 0 Å². The van der Waals surface area contributed by atoms with E-state index < -0.39 is 0 Å². The first kappa shape index (κ1) is 16.0. The van der Waals surface area contributed by atoms with Crippen LogP contribution in [0.4, 0.5) is 0 Å². The first-order valence-electron chi connectivity index (χ1n) is 7.45. The predicted octanol–water partition coefficient (Wildman–Crippen LogP) is 4.76. The van der Waals surface area contributed by atoms with E-state index in [1.165, 1.54) is 57.9 Å². The van der Waals surface area contributed by atoms with Gasteiger partial charge in [-0.05, 0) is 25.3 Å². The standard InChI is InChI=1S/C15H33N/c1-5-7-9-11-13-16-15(14(3)4)12-10-8-6-2/h14-16H,5-13H2,1-4H3. The Morgan fingerprint density at radius 2 is 1.44 bits per heavy atom.